The highest BCUT2D eigenvalue weighted by atomic mass is 32.2. The van der Waals surface area contributed by atoms with Gasteiger partial charge in [0.2, 0.25) is 10.0 Å². The summed E-state index contributed by atoms with van der Waals surface area (Å²) in [5.74, 6) is 0.431. The molecule has 1 aromatic heterocycles. The van der Waals surface area contributed by atoms with Gasteiger partial charge in [-0.25, -0.2) is 12.7 Å². The Kier molecular flexibility index (Phi) is 4.82. The summed E-state index contributed by atoms with van der Waals surface area (Å²) in [6.45, 7) is 1.21. The minimum absolute atomic E-state index is 0.177. The van der Waals surface area contributed by atoms with Crippen LogP contribution in [0.1, 0.15) is 29.9 Å². The molecule has 1 saturated heterocycles. The van der Waals surface area contributed by atoms with Crippen LogP contribution in [0, 0.1) is 0 Å². The lowest BCUT2D eigenvalue weighted by Gasteiger charge is -2.31. The summed E-state index contributed by atoms with van der Waals surface area (Å²) in [7, 11) is -1.32. The van der Waals surface area contributed by atoms with Crippen LogP contribution in [0.2, 0.25) is 0 Å². The maximum Gasteiger partial charge on any atom is 0.214 e. The Morgan fingerprint density at radius 1 is 1.26 bits per heavy atom. The van der Waals surface area contributed by atoms with E-state index in [-0.39, 0.29) is 11.7 Å². The van der Waals surface area contributed by atoms with Gasteiger partial charge in [-0.05, 0) is 30.4 Å². The molecule has 2 aromatic rings. The van der Waals surface area contributed by atoms with Crippen LogP contribution in [0.5, 0.6) is 0 Å². The third kappa shape index (κ3) is 4.00. The molecule has 5 nitrogen and oxygen atoms in total. The molecule has 1 aliphatic rings. The molecule has 23 heavy (non-hydrogen) atoms. The lowest BCUT2D eigenvalue weighted by atomic mass is 9.94. The Morgan fingerprint density at radius 3 is 2.74 bits per heavy atom. The van der Waals surface area contributed by atoms with Crippen LogP contribution in [0.25, 0.3) is 0 Å². The Bertz CT molecular complexity index is 740. The zero-order chi connectivity index (χ0) is 16.3. The summed E-state index contributed by atoms with van der Waals surface area (Å²) in [5.41, 5.74) is 2.20. The standard InChI is InChI=1S/C17H23N3O2S/c1-19-13-17(12-18-19)16-8-5-10-20(14-16)23(21,22)11-9-15-6-3-2-4-7-15/h2-4,6-7,12-13,16H,5,8-11,14H2,1H3. The monoisotopic (exact) mass is 333 g/mol. The van der Waals surface area contributed by atoms with Crippen molar-refractivity contribution in [1.82, 2.24) is 14.1 Å². The van der Waals surface area contributed by atoms with E-state index in [1.54, 1.807) is 8.99 Å². The molecular weight excluding hydrogens is 310 g/mol. The molecule has 0 radical (unpaired) electrons. The number of benzene rings is 1. The predicted molar refractivity (Wildman–Crippen MR) is 90.7 cm³/mol. The molecule has 6 heteroatoms. The van der Waals surface area contributed by atoms with Crippen molar-refractivity contribution in [2.45, 2.75) is 25.2 Å². The summed E-state index contributed by atoms with van der Waals surface area (Å²) in [4.78, 5) is 0. The van der Waals surface area contributed by atoms with Crippen LogP contribution < -0.4 is 0 Å². The smallest absolute Gasteiger partial charge is 0.214 e. The summed E-state index contributed by atoms with van der Waals surface area (Å²) < 4.78 is 28.7. The van der Waals surface area contributed by atoms with Crippen molar-refractivity contribution in [3.63, 3.8) is 0 Å². The molecule has 0 amide bonds. The zero-order valence-corrected chi connectivity index (χ0v) is 14.2. The van der Waals surface area contributed by atoms with E-state index in [2.05, 4.69) is 5.10 Å². The lowest BCUT2D eigenvalue weighted by Crippen LogP contribution is -2.40. The molecule has 0 aliphatic carbocycles. The number of hydrogen-bond acceptors (Lipinski definition) is 3. The molecule has 0 saturated carbocycles. The SMILES string of the molecule is Cn1cc(C2CCCN(S(=O)(=O)CCc3ccccc3)C2)cn1. The molecule has 3 rings (SSSR count). The summed E-state index contributed by atoms with van der Waals surface area (Å²) in [6.07, 6.45) is 6.34. The van der Waals surface area contributed by atoms with E-state index >= 15 is 0 Å². The highest BCUT2D eigenvalue weighted by molar-refractivity contribution is 7.89. The van der Waals surface area contributed by atoms with Gasteiger partial charge < -0.3 is 0 Å². The minimum atomic E-state index is -3.21. The van der Waals surface area contributed by atoms with Crippen molar-refractivity contribution >= 4 is 10.0 Å². The van der Waals surface area contributed by atoms with E-state index in [1.165, 1.54) is 0 Å². The molecular formula is C17H23N3O2S. The second kappa shape index (κ2) is 6.84. The van der Waals surface area contributed by atoms with Crippen LogP contribution in [0.15, 0.2) is 42.7 Å². The van der Waals surface area contributed by atoms with Crippen molar-refractivity contribution in [3.8, 4) is 0 Å². The molecule has 1 fully saturated rings. The van der Waals surface area contributed by atoms with E-state index < -0.39 is 10.0 Å². The zero-order valence-electron chi connectivity index (χ0n) is 13.4. The quantitative estimate of drug-likeness (QED) is 0.843. The molecule has 124 valence electrons. The Labute approximate surface area is 138 Å². The highest BCUT2D eigenvalue weighted by Gasteiger charge is 2.29. The van der Waals surface area contributed by atoms with E-state index in [4.69, 9.17) is 0 Å². The van der Waals surface area contributed by atoms with Gasteiger partial charge in [-0.2, -0.15) is 5.10 Å². The second-order valence-corrected chi connectivity index (χ2v) is 8.28. The van der Waals surface area contributed by atoms with Gasteiger partial charge in [0.15, 0.2) is 0 Å². The summed E-state index contributed by atoms with van der Waals surface area (Å²) in [5, 5.41) is 4.20. The van der Waals surface area contributed by atoms with Crippen molar-refractivity contribution < 1.29 is 8.42 Å². The van der Waals surface area contributed by atoms with Gasteiger partial charge in [0.25, 0.3) is 0 Å². The maximum atomic E-state index is 12.6. The fourth-order valence-electron chi connectivity index (χ4n) is 3.14. The van der Waals surface area contributed by atoms with Crippen LogP contribution in [-0.2, 0) is 23.5 Å². The number of aryl methyl sites for hydroxylation is 2. The van der Waals surface area contributed by atoms with E-state index in [0.29, 0.717) is 19.5 Å². The molecule has 0 spiro atoms. The first-order chi connectivity index (χ1) is 11.0. The Balaban J connectivity index is 1.65. The van der Waals surface area contributed by atoms with Gasteiger partial charge in [0, 0.05) is 32.3 Å². The average molecular weight is 333 g/mol. The third-order valence-corrected chi connectivity index (χ3v) is 6.30. The minimum Gasteiger partial charge on any atom is -0.276 e. The average Bonchev–Trinajstić information content (AvgIpc) is 3.01. The summed E-state index contributed by atoms with van der Waals surface area (Å²) >= 11 is 0. The van der Waals surface area contributed by atoms with Gasteiger partial charge in [-0.3, -0.25) is 4.68 Å². The number of nitrogens with zero attached hydrogens (tertiary/aromatic N) is 3. The predicted octanol–water partition coefficient (Wildman–Crippen LogP) is 2.17. The Hall–Kier alpha value is -1.66. The molecule has 1 aromatic carbocycles. The van der Waals surface area contributed by atoms with Crippen LogP contribution >= 0.6 is 0 Å². The highest BCUT2D eigenvalue weighted by Crippen LogP contribution is 2.28. The first kappa shape index (κ1) is 16.2. The van der Waals surface area contributed by atoms with Gasteiger partial charge >= 0.3 is 0 Å². The first-order valence-corrected chi connectivity index (χ1v) is 9.66. The maximum absolute atomic E-state index is 12.6. The summed E-state index contributed by atoms with van der Waals surface area (Å²) in [6, 6.07) is 9.79. The van der Waals surface area contributed by atoms with Crippen molar-refractivity contribution in [2.24, 2.45) is 7.05 Å². The molecule has 0 N–H and O–H groups in total. The lowest BCUT2D eigenvalue weighted by molar-refractivity contribution is 0.315. The van der Waals surface area contributed by atoms with Gasteiger partial charge in [-0.1, -0.05) is 30.3 Å². The molecule has 1 unspecified atom stereocenters. The third-order valence-electron chi connectivity index (χ3n) is 4.47. The first-order valence-electron chi connectivity index (χ1n) is 8.05. The van der Waals surface area contributed by atoms with E-state index in [0.717, 1.165) is 24.0 Å². The number of hydrogen-bond donors (Lipinski definition) is 0. The number of sulfonamides is 1. The normalized spacial score (nSPS) is 19.8. The van der Waals surface area contributed by atoms with E-state index in [9.17, 15) is 8.42 Å². The number of aromatic nitrogens is 2. The topological polar surface area (TPSA) is 55.2 Å². The van der Waals surface area contributed by atoms with Crippen molar-refractivity contribution in [1.29, 1.82) is 0 Å². The Morgan fingerprint density at radius 2 is 2.04 bits per heavy atom. The largest absolute Gasteiger partial charge is 0.276 e. The molecule has 2 heterocycles. The van der Waals surface area contributed by atoms with Crippen LogP contribution in [0.4, 0.5) is 0 Å². The van der Waals surface area contributed by atoms with Crippen LogP contribution in [-0.4, -0.2) is 41.3 Å². The van der Waals surface area contributed by atoms with Crippen LogP contribution in [0.3, 0.4) is 0 Å². The molecule has 1 atom stereocenters. The van der Waals surface area contributed by atoms with E-state index in [1.807, 2.05) is 49.8 Å². The fourth-order valence-corrected chi connectivity index (χ4v) is 4.70. The second-order valence-electron chi connectivity index (χ2n) is 6.20. The molecule has 1 aliphatic heterocycles. The van der Waals surface area contributed by atoms with Crippen molar-refractivity contribution in [2.75, 3.05) is 18.8 Å². The number of piperidine rings is 1. The van der Waals surface area contributed by atoms with Gasteiger partial charge in [-0.15, -0.1) is 0 Å². The fraction of sp³-hybridized carbons (Fsp3) is 0.471. The molecule has 0 bridgehead atoms. The number of rotatable bonds is 5. The van der Waals surface area contributed by atoms with Crippen molar-refractivity contribution in [3.05, 3.63) is 53.9 Å². The van der Waals surface area contributed by atoms with Gasteiger partial charge in [0.1, 0.15) is 0 Å². The van der Waals surface area contributed by atoms with Gasteiger partial charge in [0.05, 0.1) is 11.9 Å².